The number of sulfonamides is 1. The fourth-order valence-corrected chi connectivity index (χ4v) is 5.38. The van der Waals surface area contributed by atoms with E-state index in [1.807, 2.05) is 24.6 Å². The molecule has 0 spiro atoms. The topological polar surface area (TPSA) is 102 Å². The number of nitrogens with zero attached hydrogens (tertiary/aromatic N) is 5. The minimum absolute atomic E-state index is 0.0177. The van der Waals surface area contributed by atoms with Gasteiger partial charge in [-0.05, 0) is 40.2 Å². The zero-order chi connectivity index (χ0) is 20.5. The summed E-state index contributed by atoms with van der Waals surface area (Å²) in [6.07, 6.45) is 0.937. The Bertz CT molecular complexity index is 943. The van der Waals surface area contributed by atoms with E-state index >= 15 is 0 Å². The average molecular weight is 410 g/mol. The maximum atomic E-state index is 13.0. The van der Waals surface area contributed by atoms with Gasteiger partial charge in [-0.2, -0.15) is 9.40 Å². The van der Waals surface area contributed by atoms with Crippen LogP contribution in [0.1, 0.15) is 35.7 Å². The van der Waals surface area contributed by atoms with E-state index in [0.717, 1.165) is 11.4 Å². The highest BCUT2D eigenvalue weighted by molar-refractivity contribution is 7.89. The van der Waals surface area contributed by atoms with Crippen LogP contribution in [0.3, 0.4) is 0 Å². The number of carbonyl (C=O) groups is 1. The van der Waals surface area contributed by atoms with Crippen LogP contribution in [0.4, 0.5) is 0 Å². The first-order valence-corrected chi connectivity index (χ1v) is 10.9. The molecule has 0 radical (unpaired) electrons. The van der Waals surface area contributed by atoms with Crippen LogP contribution in [0, 0.1) is 27.7 Å². The van der Waals surface area contributed by atoms with Crippen molar-refractivity contribution in [1.82, 2.24) is 24.1 Å². The summed E-state index contributed by atoms with van der Waals surface area (Å²) in [4.78, 5) is 14.5. The standard InChI is InChI=1S/C18H27N5O4S/c1-13-12-14(2)23(19-13)9-6-17(24)21-7-5-8-22(11-10-21)28(25,26)18-15(3)20-27-16(18)4/h12H,5-11H2,1-4H3. The number of hydrogen-bond donors (Lipinski definition) is 0. The number of aromatic nitrogens is 3. The largest absolute Gasteiger partial charge is 0.360 e. The first kappa shape index (κ1) is 20.5. The van der Waals surface area contributed by atoms with Gasteiger partial charge in [0.05, 0.1) is 5.69 Å². The maximum absolute atomic E-state index is 13.0. The van der Waals surface area contributed by atoms with Crippen molar-refractivity contribution in [1.29, 1.82) is 0 Å². The van der Waals surface area contributed by atoms with Crippen molar-refractivity contribution in [3.63, 3.8) is 0 Å². The van der Waals surface area contributed by atoms with Crippen molar-refractivity contribution in [2.75, 3.05) is 26.2 Å². The van der Waals surface area contributed by atoms with E-state index in [2.05, 4.69) is 10.3 Å². The molecule has 10 heteroatoms. The normalized spacial score (nSPS) is 16.4. The molecule has 1 saturated heterocycles. The molecule has 154 valence electrons. The Morgan fingerprint density at radius 3 is 2.50 bits per heavy atom. The van der Waals surface area contributed by atoms with E-state index in [1.165, 1.54) is 4.31 Å². The molecule has 3 heterocycles. The second kappa shape index (κ2) is 8.04. The highest BCUT2D eigenvalue weighted by Gasteiger charge is 2.32. The molecule has 2 aromatic heterocycles. The molecule has 1 fully saturated rings. The molecule has 0 aromatic carbocycles. The van der Waals surface area contributed by atoms with E-state index in [0.29, 0.717) is 50.5 Å². The number of aryl methyl sites for hydroxylation is 5. The second-order valence-corrected chi connectivity index (χ2v) is 9.07. The Morgan fingerprint density at radius 1 is 1.14 bits per heavy atom. The first-order valence-electron chi connectivity index (χ1n) is 9.42. The molecule has 0 aliphatic carbocycles. The van der Waals surface area contributed by atoms with Crippen molar-refractivity contribution < 1.29 is 17.7 Å². The average Bonchev–Trinajstić information content (AvgIpc) is 3.02. The lowest BCUT2D eigenvalue weighted by Gasteiger charge is -2.22. The lowest BCUT2D eigenvalue weighted by Crippen LogP contribution is -2.37. The SMILES string of the molecule is Cc1cc(C)n(CCC(=O)N2CCCN(S(=O)(=O)c3c(C)noc3C)CC2)n1. The summed E-state index contributed by atoms with van der Waals surface area (Å²) in [6.45, 7) is 9.18. The molecule has 2 aromatic rings. The molecule has 0 N–H and O–H groups in total. The Balaban J connectivity index is 1.63. The quantitative estimate of drug-likeness (QED) is 0.740. The molecule has 9 nitrogen and oxygen atoms in total. The molecule has 1 aliphatic heterocycles. The van der Waals surface area contributed by atoms with Crippen molar-refractivity contribution in [2.45, 2.75) is 52.0 Å². The zero-order valence-corrected chi connectivity index (χ0v) is 17.6. The predicted molar refractivity (Wildman–Crippen MR) is 102 cm³/mol. The lowest BCUT2D eigenvalue weighted by atomic mass is 10.3. The van der Waals surface area contributed by atoms with E-state index in [1.54, 1.807) is 18.7 Å². The monoisotopic (exact) mass is 409 g/mol. The van der Waals surface area contributed by atoms with Crippen LogP contribution < -0.4 is 0 Å². The van der Waals surface area contributed by atoms with Crippen LogP contribution >= 0.6 is 0 Å². The molecule has 0 bridgehead atoms. The van der Waals surface area contributed by atoms with Crippen LogP contribution in [-0.2, 0) is 21.4 Å². The Labute approximate surface area is 165 Å². The van der Waals surface area contributed by atoms with Gasteiger partial charge in [-0.3, -0.25) is 9.48 Å². The van der Waals surface area contributed by atoms with Crippen LogP contribution in [0.15, 0.2) is 15.5 Å². The highest BCUT2D eigenvalue weighted by atomic mass is 32.2. The summed E-state index contributed by atoms with van der Waals surface area (Å²) in [5, 5.41) is 8.13. The lowest BCUT2D eigenvalue weighted by molar-refractivity contribution is -0.131. The third-order valence-electron chi connectivity index (χ3n) is 5.01. The summed E-state index contributed by atoms with van der Waals surface area (Å²) in [7, 11) is -3.69. The third-order valence-corrected chi connectivity index (χ3v) is 7.16. The van der Waals surface area contributed by atoms with E-state index < -0.39 is 10.0 Å². The van der Waals surface area contributed by atoms with Gasteiger partial charge in [-0.15, -0.1) is 0 Å². The first-order chi connectivity index (χ1) is 13.2. The van der Waals surface area contributed by atoms with Crippen LogP contribution in [0.25, 0.3) is 0 Å². The van der Waals surface area contributed by atoms with Gasteiger partial charge < -0.3 is 9.42 Å². The molecule has 28 heavy (non-hydrogen) atoms. The van der Waals surface area contributed by atoms with Crippen LogP contribution in [0.5, 0.6) is 0 Å². The van der Waals surface area contributed by atoms with E-state index in [4.69, 9.17) is 4.52 Å². The number of carbonyl (C=O) groups excluding carboxylic acids is 1. The minimum atomic E-state index is -3.69. The molecule has 1 amide bonds. The summed E-state index contributed by atoms with van der Waals surface area (Å²) in [5.41, 5.74) is 2.32. The van der Waals surface area contributed by atoms with Crippen LogP contribution in [-0.4, -0.2) is 64.6 Å². The van der Waals surface area contributed by atoms with Gasteiger partial charge in [-0.25, -0.2) is 8.42 Å². The van der Waals surface area contributed by atoms with E-state index in [9.17, 15) is 13.2 Å². The molecule has 0 unspecified atom stereocenters. The fourth-order valence-electron chi connectivity index (χ4n) is 3.62. The zero-order valence-electron chi connectivity index (χ0n) is 16.8. The van der Waals surface area contributed by atoms with Crippen LogP contribution in [0.2, 0.25) is 0 Å². The molecule has 0 saturated carbocycles. The Morgan fingerprint density at radius 2 is 1.89 bits per heavy atom. The van der Waals surface area contributed by atoms with Crippen molar-refractivity contribution >= 4 is 15.9 Å². The molecule has 0 atom stereocenters. The number of amides is 1. The smallest absolute Gasteiger partial charge is 0.248 e. The maximum Gasteiger partial charge on any atom is 0.248 e. The van der Waals surface area contributed by atoms with Gasteiger partial charge in [0, 0.05) is 44.8 Å². The van der Waals surface area contributed by atoms with Gasteiger partial charge in [0.25, 0.3) is 0 Å². The van der Waals surface area contributed by atoms with Gasteiger partial charge in [0.1, 0.15) is 10.6 Å². The summed E-state index contributed by atoms with van der Waals surface area (Å²) in [5.74, 6) is 0.309. The van der Waals surface area contributed by atoms with Gasteiger partial charge in [0.15, 0.2) is 5.76 Å². The Kier molecular flexibility index (Phi) is 5.90. The molecule has 1 aliphatic rings. The van der Waals surface area contributed by atoms with Gasteiger partial charge in [-0.1, -0.05) is 5.16 Å². The number of hydrogen-bond acceptors (Lipinski definition) is 6. The predicted octanol–water partition coefficient (Wildman–Crippen LogP) is 1.42. The van der Waals surface area contributed by atoms with Crippen molar-refractivity contribution in [3.05, 3.63) is 28.9 Å². The van der Waals surface area contributed by atoms with Crippen molar-refractivity contribution in [3.8, 4) is 0 Å². The summed E-state index contributed by atoms with van der Waals surface area (Å²) >= 11 is 0. The third kappa shape index (κ3) is 4.12. The van der Waals surface area contributed by atoms with Crippen molar-refractivity contribution in [2.24, 2.45) is 0 Å². The second-order valence-electron chi connectivity index (χ2n) is 7.19. The highest BCUT2D eigenvalue weighted by Crippen LogP contribution is 2.24. The number of rotatable bonds is 5. The van der Waals surface area contributed by atoms with Gasteiger partial charge in [0.2, 0.25) is 15.9 Å². The van der Waals surface area contributed by atoms with Gasteiger partial charge >= 0.3 is 0 Å². The molecular formula is C18H27N5O4S. The van der Waals surface area contributed by atoms with E-state index in [-0.39, 0.29) is 17.3 Å². The fraction of sp³-hybridized carbons (Fsp3) is 0.611. The minimum Gasteiger partial charge on any atom is -0.360 e. The Hall–Kier alpha value is -2.20. The molecular weight excluding hydrogens is 382 g/mol. The molecule has 3 rings (SSSR count). The summed E-state index contributed by atoms with van der Waals surface area (Å²) in [6, 6.07) is 1.98. The summed E-state index contributed by atoms with van der Waals surface area (Å²) < 4.78 is 34.2.